The quantitative estimate of drug-likeness (QED) is 0.374. The van der Waals surface area contributed by atoms with E-state index in [1.165, 1.54) is 37.1 Å². The van der Waals surface area contributed by atoms with Crippen molar-refractivity contribution in [3.8, 4) is 10.4 Å². The zero-order valence-corrected chi connectivity index (χ0v) is 22.2. The van der Waals surface area contributed by atoms with Gasteiger partial charge in [-0.05, 0) is 38.3 Å². The fourth-order valence-electron chi connectivity index (χ4n) is 4.01. The van der Waals surface area contributed by atoms with Crippen molar-refractivity contribution in [2.24, 2.45) is 5.73 Å². The van der Waals surface area contributed by atoms with Crippen LogP contribution in [0.2, 0.25) is 0 Å². The van der Waals surface area contributed by atoms with Crippen molar-refractivity contribution in [1.29, 1.82) is 0 Å². The molecule has 1 aliphatic carbocycles. The molecule has 3 aromatic rings. The monoisotopic (exact) mass is 517 g/mol. The van der Waals surface area contributed by atoms with Gasteiger partial charge in [-0.1, -0.05) is 38.3 Å². The molecule has 2 aromatic heterocycles. The zero-order chi connectivity index (χ0) is 25.2. The van der Waals surface area contributed by atoms with Crippen LogP contribution in [0.4, 0.5) is 4.79 Å². The van der Waals surface area contributed by atoms with E-state index in [-0.39, 0.29) is 6.10 Å². The number of imidazole rings is 1. The first-order valence-corrected chi connectivity index (χ1v) is 14.0. The third-order valence-corrected chi connectivity index (χ3v) is 8.02. The molecule has 4 N–H and O–H groups in total. The Morgan fingerprint density at radius 3 is 2.66 bits per heavy atom. The minimum absolute atomic E-state index is 0.0995. The second kappa shape index (κ2) is 13.5. The van der Waals surface area contributed by atoms with Gasteiger partial charge < -0.3 is 15.5 Å². The Bertz CT molecular complexity index is 1090. The zero-order valence-electron chi connectivity index (χ0n) is 20.6. The summed E-state index contributed by atoms with van der Waals surface area (Å²) in [6.45, 7) is 6.11. The van der Waals surface area contributed by atoms with Gasteiger partial charge in [0.2, 0.25) is 0 Å². The summed E-state index contributed by atoms with van der Waals surface area (Å²) in [5.41, 5.74) is 6.74. The summed E-state index contributed by atoms with van der Waals surface area (Å²) in [7, 11) is -1.25. The van der Waals surface area contributed by atoms with E-state index in [2.05, 4.69) is 37.3 Å². The molecule has 0 saturated heterocycles. The van der Waals surface area contributed by atoms with E-state index in [1.54, 1.807) is 31.4 Å². The molecular formula is C25H35N5O3S2. The lowest BCUT2D eigenvalue weighted by atomic mass is 9.90. The molecule has 1 fully saturated rings. The fourth-order valence-corrected chi connectivity index (χ4v) is 6.26. The van der Waals surface area contributed by atoms with Gasteiger partial charge in [0.05, 0.1) is 20.9 Å². The molecule has 1 aliphatic rings. The van der Waals surface area contributed by atoms with Crippen LogP contribution >= 0.6 is 11.3 Å². The summed E-state index contributed by atoms with van der Waals surface area (Å²) < 4.78 is 20.3. The number of nitrogens with one attached hydrogen (secondary N) is 2. The lowest BCUT2D eigenvalue weighted by molar-refractivity contribution is 0.125. The second-order valence-electron chi connectivity index (χ2n) is 8.69. The Morgan fingerprint density at radius 1 is 1.29 bits per heavy atom. The number of hydrogen-bond donors (Lipinski definition) is 3. The first kappa shape index (κ1) is 27.0. The number of aromatic amines is 1. The number of nitrogens with two attached hydrogens (primary N) is 1. The van der Waals surface area contributed by atoms with E-state index < -0.39 is 17.1 Å². The predicted octanol–water partition coefficient (Wildman–Crippen LogP) is 5.29. The molecule has 4 rings (SSSR count). The highest BCUT2D eigenvalue weighted by atomic mass is 32.2. The third-order valence-electron chi connectivity index (χ3n) is 5.54. The molecule has 8 nitrogen and oxygen atoms in total. The van der Waals surface area contributed by atoms with Crippen molar-refractivity contribution in [2.45, 2.75) is 76.2 Å². The minimum Gasteiger partial charge on any atom is -0.447 e. The highest BCUT2D eigenvalue weighted by molar-refractivity contribution is 7.83. The molecule has 10 heteroatoms. The number of ether oxygens (including phenoxy) is 1. The van der Waals surface area contributed by atoms with Gasteiger partial charge in [-0.25, -0.2) is 23.7 Å². The third kappa shape index (κ3) is 8.26. The van der Waals surface area contributed by atoms with Crippen LogP contribution in [0.25, 0.3) is 10.4 Å². The lowest BCUT2D eigenvalue weighted by Crippen LogP contribution is -2.17. The van der Waals surface area contributed by atoms with Crippen molar-refractivity contribution in [3.05, 3.63) is 53.2 Å². The summed E-state index contributed by atoms with van der Waals surface area (Å²) in [5, 5.41) is 1.23. The smallest absolute Gasteiger partial charge is 0.404 e. The molecule has 190 valence electrons. The number of H-pyrrole nitrogens is 1. The van der Waals surface area contributed by atoms with Crippen LogP contribution in [-0.2, 0) is 22.1 Å². The minimum atomic E-state index is -1.25. The van der Waals surface area contributed by atoms with Crippen LogP contribution in [0.5, 0.6) is 0 Å². The molecule has 35 heavy (non-hydrogen) atoms. The first-order chi connectivity index (χ1) is 16.9. The summed E-state index contributed by atoms with van der Waals surface area (Å²) in [4.78, 5) is 23.9. The van der Waals surface area contributed by atoms with Crippen LogP contribution < -0.4 is 10.5 Å². The van der Waals surface area contributed by atoms with Crippen molar-refractivity contribution in [1.82, 2.24) is 19.7 Å². The summed E-state index contributed by atoms with van der Waals surface area (Å²) in [6.07, 6.45) is 11.9. The van der Waals surface area contributed by atoms with Gasteiger partial charge in [0, 0.05) is 43.0 Å². The number of thiazole rings is 1. The molecule has 0 radical (unpaired) electrons. The Hall–Kier alpha value is -2.56. The normalized spacial score (nSPS) is 14.9. The number of carbonyl (C=O) groups excluding carboxylic acids is 1. The molecule has 0 spiro atoms. The highest BCUT2D eigenvalue weighted by Crippen LogP contribution is 2.39. The molecule has 0 bridgehead atoms. The number of rotatable bonds is 8. The number of nitrogens with zero attached hydrogens (tertiary/aromatic N) is 2. The Morgan fingerprint density at radius 2 is 2.06 bits per heavy atom. The number of primary amides is 1. The Balaban J connectivity index is 0.000000429. The SMILES string of the molecule is CC(C)OC(N)=O.CCNS(=O)c1cc(Cc2ncc[nH]2)ccc1-c1cnc(C2CCCCC2)s1. The molecule has 1 aromatic carbocycles. The van der Waals surface area contributed by atoms with Gasteiger partial charge in [0.25, 0.3) is 0 Å². The van der Waals surface area contributed by atoms with Crippen LogP contribution in [0.15, 0.2) is 41.7 Å². The fraction of sp³-hybridized carbons (Fsp3) is 0.480. The van der Waals surface area contributed by atoms with Gasteiger partial charge in [-0.15, -0.1) is 11.3 Å². The average molecular weight is 518 g/mol. The number of carbonyl (C=O) groups is 1. The maximum absolute atomic E-state index is 12.9. The van der Waals surface area contributed by atoms with E-state index in [0.717, 1.165) is 26.7 Å². The van der Waals surface area contributed by atoms with Gasteiger partial charge in [0.1, 0.15) is 16.8 Å². The Kier molecular flexibility index (Phi) is 10.4. The van der Waals surface area contributed by atoms with Crippen LogP contribution in [-0.4, -0.2) is 37.9 Å². The van der Waals surface area contributed by atoms with Crippen LogP contribution in [0.1, 0.15) is 75.2 Å². The standard InChI is InChI=1S/C21H26N4OS2.C4H9NO2/c1-2-25-28(26)19-12-15(13-20-22-10-11-23-20)8-9-17(19)18-14-24-21(27-18)16-6-4-3-5-7-16;1-3(2)7-4(5)6/h8-12,14,16,25H,2-7,13H2,1H3,(H,22,23);3H,1-2H3,(H2,5,6). The lowest BCUT2D eigenvalue weighted by Gasteiger charge is -2.18. The van der Waals surface area contributed by atoms with E-state index in [4.69, 9.17) is 4.98 Å². The van der Waals surface area contributed by atoms with Gasteiger partial charge >= 0.3 is 6.09 Å². The molecule has 1 atom stereocenters. The maximum Gasteiger partial charge on any atom is 0.404 e. The summed E-state index contributed by atoms with van der Waals surface area (Å²) in [5.74, 6) is 1.50. The van der Waals surface area contributed by atoms with E-state index in [0.29, 0.717) is 18.9 Å². The number of benzene rings is 1. The van der Waals surface area contributed by atoms with Crippen molar-refractivity contribution < 1.29 is 13.7 Å². The number of amides is 1. The molecule has 1 saturated carbocycles. The predicted molar refractivity (Wildman–Crippen MR) is 141 cm³/mol. The van der Waals surface area contributed by atoms with Crippen molar-refractivity contribution in [2.75, 3.05) is 6.54 Å². The van der Waals surface area contributed by atoms with Crippen molar-refractivity contribution in [3.63, 3.8) is 0 Å². The molecule has 2 heterocycles. The second-order valence-corrected chi connectivity index (χ2v) is 11.0. The van der Waals surface area contributed by atoms with Crippen LogP contribution in [0, 0.1) is 0 Å². The van der Waals surface area contributed by atoms with Gasteiger partial charge in [-0.3, -0.25) is 0 Å². The topological polar surface area (TPSA) is 123 Å². The molecular weight excluding hydrogens is 482 g/mol. The summed E-state index contributed by atoms with van der Waals surface area (Å²) in [6, 6.07) is 6.22. The summed E-state index contributed by atoms with van der Waals surface area (Å²) >= 11 is 1.76. The van der Waals surface area contributed by atoms with E-state index in [1.807, 2.05) is 25.4 Å². The van der Waals surface area contributed by atoms with E-state index >= 15 is 0 Å². The largest absolute Gasteiger partial charge is 0.447 e. The maximum atomic E-state index is 12.9. The van der Waals surface area contributed by atoms with E-state index in [9.17, 15) is 9.00 Å². The van der Waals surface area contributed by atoms with Gasteiger partial charge in [-0.2, -0.15) is 0 Å². The van der Waals surface area contributed by atoms with Gasteiger partial charge in [0.15, 0.2) is 0 Å². The molecule has 0 aliphatic heterocycles. The Labute approximate surface area is 213 Å². The molecule has 1 unspecified atom stereocenters. The number of hydrogen-bond acceptors (Lipinski definition) is 6. The van der Waals surface area contributed by atoms with Crippen molar-refractivity contribution >= 4 is 28.4 Å². The molecule has 1 amide bonds. The first-order valence-electron chi connectivity index (χ1n) is 12.1. The van der Waals surface area contributed by atoms with Crippen LogP contribution in [0.3, 0.4) is 0 Å². The number of aromatic nitrogens is 3. The highest BCUT2D eigenvalue weighted by Gasteiger charge is 2.21. The average Bonchev–Trinajstić information content (AvgIpc) is 3.52.